The molecule has 0 amide bonds. The first-order chi connectivity index (χ1) is 5.29. The Labute approximate surface area is 66.6 Å². The highest BCUT2D eigenvalue weighted by Crippen LogP contribution is 2.39. The number of hydrogen-bond acceptors (Lipinski definition) is 2. The van der Waals surface area contributed by atoms with Crippen molar-refractivity contribution in [1.82, 2.24) is 0 Å². The summed E-state index contributed by atoms with van der Waals surface area (Å²) >= 11 is 0. The van der Waals surface area contributed by atoms with Gasteiger partial charge in [-0.25, -0.2) is 0 Å². The Balaban J connectivity index is 2.12. The smallest absolute Gasteiger partial charge is 0.136 e. The number of aliphatic hydroxyl groups is 1. The van der Waals surface area contributed by atoms with Crippen LogP contribution in [0.5, 0.6) is 0 Å². The molecule has 2 saturated carbocycles. The molecule has 0 aromatic carbocycles. The van der Waals surface area contributed by atoms with Crippen LogP contribution >= 0.6 is 0 Å². The first-order valence-corrected chi connectivity index (χ1v) is 4.50. The molecule has 0 aromatic rings. The van der Waals surface area contributed by atoms with Gasteiger partial charge < -0.3 is 5.11 Å². The zero-order chi connectivity index (χ0) is 7.84. The quantitative estimate of drug-likeness (QED) is 0.568. The Morgan fingerprint density at radius 3 is 2.82 bits per heavy atom. The maximum atomic E-state index is 11.2. The average Bonchev–Trinajstić information content (AvgIpc) is 2.35. The van der Waals surface area contributed by atoms with E-state index in [1.54, 1.807) is 0 Å². The summed E-state index contributed by atoms with van der Waals surface area (Å²) in [6, 6.07) is 0. The standard InChI is InChI=1S/C9H14O2/c10-8-3-1-2-6-7(8)4-5-9(6)11/h6-8,10H,1-5H2/t6-,7+,8+/m1/s1. The van der Waals surface area contributed by atoms with Gasteiger partial charge in [0.1, 0.15) is 5.78 Å². The summed E-state index contributed by atoms with van der Waals surface area (Å²) in [5.74, 6) is 0.934. The Kier molecular flexibility index (Phi) is 1.72. The predicted molar refractivity (Wildman–Crippen MR) is 41.1 cm³/mol. The third-order valence-electron chi connectivity index (χ3n) is 3.16. The minimum absolute atomic E-state index is 0.180. The van der Waals surface area contributed by atoms with E-state index >= 15 is 0 Å². The second kappa shape index (κ2) is 2.59. The summed E-state index contributed by atoms with van der Waals surface area (Å²) in [5, 5.41) is 9.54. The lowest BCUT2D eigenvalue weighted by atomic mass is 9.79. The van der Waals surface area contributed by atoms with Gasteiger partial charge in [-0.3, -0.25) is 4.79 Å². The molecule has 2 nitrogen and oxygen atoms in total. The van der Waals surface area contributed by atoms with Crippen molar-refractivity contribution >= 4 is 5.78 Å². The summed E-state index contributed by atoms with van der Waals surface area (Å²) in [4.78, 5) is 11.2. The molecule has 0 spiro atoms. The van der Waals surface area contributed by atoms with Crippen molar-refractivity contribution in [3.8, 4) is 0 Å². The normalized spacial score (nSPS) is 44.1. The number of ketones is 1. The van der Waals surface area contributed by atoms with Gasteiger partial charge in [0.05, 0.1) is 6.10 Å². The first-order valence-electron chi connectivity index (χ1n) is 4.50. The van der Waals surface area contributed by atoms with Gasteiger partial charge in [-0.15, -0.1) is 0 Å². The molecular formula is C9H14O2. The molecule has 0 radical (unpaired) electrons. The SMILES string of the molecule is O=C1CC[C@@H]2[C@@H](O)CCC[C@@H]12. The third kappa shape index (κ3) is 1.09. The molecular weight excluding hydrogens is 140 g/mol. The monoisotopic (exact) mass is 154 g/mol. The molecule has 0 aliphatic heterocycles. The third-order valence-corrected chi connectivity index (χ3v) is 3.16. The fourth-order valence-electron chi connectivity index (χ4n) is 2.53. The molecule has 2 aliphatic rings. The van der Waals surface area contributed by atoms with E-state index in [-0.39, 0.29) is 12.0 Å². The van der Waals surface area contributed by atoms with Crippen molar-refractivity contribution in [2.24, 2.45) is 11.8 Å². The number of carbonyl (C=O) groups is 1. The number of fused-ring (bicyclic) bond motifs is 1. The van der Waals surface area contributed by atoms with Crippen LogP contribution < -0.4 is 0 Å². The molecule has 2 aliphatic carbocycles. The molecule has 0 heterocycles. The molecule has 62 valence electrons. The van der Waals surface area contributed by atoms with Gasteiger partial charge in [0.2, 0.25) is 0 Å². The van der Waals surface area contributed by atoms with Crippen LogP contribution in [0.15, 0.2) is 0 Å². The summed E-state index contributed by atoms with van der Waals surface area (Å²) in [6.07, 6.45) is 4.44. The second-order valence-electron chi connectivity index (χ2n) is 3.77. The van der Waals surface area contributed by atoms with Gasteiger partial charge in [-0.1, -0.05) is 6.42 Å². The van der Waals surface area contributed by atoms with Crippen molar-refractivity contribution in [3.05, 3.63) is 0 Å². The van der Waals surface area contributed by atoms with E-state index in [1.807, 2.05) is 0 Å². The Bertz CT molecular complexity index is 176. The van der Waals surface area contributed by atoms with Crippen LogP contribution in [0.1, 0.15) is 32.1 Å². The van der Waals surface area contributed by atoms with E-state index in [1.165, 1.54) is 0 Å². The van der Waals surface area contributed by atoms with Crippen molar-refractivity contribution < 1.29 is 9.90 Å². The number of Topliss-reactive ketones (excluding diaryl/α,β-unsaturated/α-hetero) is 1. The number of rotatable bonds is 0. The van der Waals surface area contributed by atoms with Crippen molar-refractivity contribution in [3.63, 3.8) is 0 Å². The molecule has 3 atom stereocenters. The van der Waals surface area contributed by atoms with Gasteiger partial charge >= 0.3 is 0 Å². The van der Waals surface area contributed by atoms with Crippen LogP contribution in [0.4, 0.5) is 0 Å². The highest BCUT2D eigenvalue weighted by Gasteiger charge is 2.40. The van der Waals surface area contributed by atoms with Crippen LogP contribution in [0, 0.1) is 11.8 Å². The topological polar surface area (TPSA) is 37.3 Å². The van der Waals surface area contributed by atoms with Crippen LogP contribution in [0.2, 0.25) is 0 Å². The minimum Gasteiger partial charge on any atom is -0.393 e. The van der Waals surface area contributed by atoms with Gasteiger partial charge in [-0.2, -0.15) is 0 Å². The average molecular weight is 154 g/mol. The summed E-state index contributed by atoms with van der Waals surface area (Å²) in [7, 11) is 0. The van der Waals surface area contributed by atoms with E-state index in [0.29, 0.717) is 18.1 Å². The maximum absolute atomic E-state index is 11.2. The van der Waals surface area contributed by atoms with Crippen LogP contribution in [-0.4, -0.2) is 17.0 Å². The van der Waals surface area contributed by atoms with E-state index in [4.69, 9.17) is 0 Å². The van der Waals surface area contributed by atoms with Crippen LogP contribution in [0.3, 0.4) is 0 Å². The fourth-order valence-corrected chi connectivity index (χ4v) is 2.53. The molecule has 0 bridgehead atoms. The van der Waals surface area contributed by atoms with E-state index in [2.05, 4.69) is 0 Å². The van der Waals surface area contributed by atoms with Gasteiger partial charge in [-0.05, 0) is 25.2 Å². The van der Waals surface area contributed by atoms with Gasteiger partial charge in [0, 0.05) is 12.3 Å². The largest absolute Gasteiger partial charge is 0.393 e. The zero-order valence-electron chi connectivity index (χ0n) is 6.62. The minimum atomic E-state index is -0.180. The summed E-state index contributed by atoms with van der Waals surface area (Å²) in [6.45, 7) is 0. The van der Waals surface area contributed by atoms with Crippen molar-refractivity contribution in [2.75, 3.05) is 0 Å². The summed E-state index contributed by atoms with van der Waals surface area (Å²) < 4.78 is 0. The molecule has 0 saturated heterocycles. The second-order valence-corrected chi connectivity index (χ2v) is 3.77. The molecule has 11 heavy (non-hydrogen) atoms. The number of aliphatic hydroxyl groups excluding tert-OH is 1. The van der Waals surface area contributed by atoms with Crippen LogP contribution in [0.25, 0.3) is 0 Å². The maximum Gasteiger partial charge on any atom is 0.136 e. The van der Waals surface area contributed by atoms with Gasteiger partial charge in [0.15, 0.2) is 0 Å². The van der Waals surface area contributed by atoms with Crippen LogP contribution in [-0.2, 0) is 4.79 Å². The molecule has 0 unspecified atom stereocenters. The van der Waals surface area contributed by atoms with E-state index < -0.39 is 0 Å². The lowest BCUT2D eigenvalue weighted by Crippen LogP contribution is -2.30. The summed E-state index contributed by atoms with van der Waals surface area (Å²) in [5.41, 5.74) is 0. The Morgan fingerprint density at radius 1 is 1.27 bits per heavy atom. The highest BCUT2D eigenvalue weighted by molar-refractivity contribution is 5.83. The lowest BCUT2D eigenvalue weighted by molar-refractivity contribution is -0.123. The van der Waals surface area contributed by atoms with Crippen molar-refractivity contribution in [1.29, 1.82) is 0 Å². The Hall–Kier alpha value is -0.370. The highest BCUT2D eigenvalue weighted by atomic mass is 16.3. The Morgan fingerprint density at radius 2 is 2.09 bits per heavy atom. The molecule has 1 N–H and O–H groups in total. The molecule has 2 fully saturated rings. The molecule has 2 rings (SSSR count). The molecule has 0 aromatic heterocycles. The van der Waals surface area contributed by atoms with E-state index in [0.717, 1.165) is 25.7 Å². The van der Waals surface area contributed by atoms with E-state index in [9.17, 15) is 9.90 Å². The predicted octanol–water partition coefficient (Wildman–Crippen LogP) is 1.13. The lowest BCUT2D eigenvalue weighted by Gasteiger charge is -2.28. The zero-order valence-corrected chi connectivity index (χ0v) is 6.62. The van der Waals surface area contributed by atoms with Gasteiger partial charge in [0.25, 0.3) is 0 Å². The number of hydrogen-bond donors (Lipinski definition) is 1. The van der Waals surface area contributed by atoms with Crippen molar-refractivity contribution in [2.45, 2.75) is 38.2 Å². The number of carbonyl (C=O) groups excluding carboxylic acids is 1. The fraction of sp³-hybridized carbons (Fsp3) is 0.889. The first kappa shape index (κ1) is 7.29. The molecule has 2 heteroatoms.